The summed E-state index contributed by atoms with van der Waals surface area (Å²) in [5, 5.41) is 3.11. The first-order valence-corrected chi connectivity index (χ1v) is 8.52. The quantitative estimate of drug-likeness (QED) is 0.735. The minimum Gasteiger partial charge on any atom is -0.340 e. The van der Waals surface area contributed by atoms with Gasteiger partial charge in [0.05, 0.1) is 11.7 Å². The lowest BCUT2D eigenvalue weighted by Crippen LogP contribution is -2.29. The molecule has 0 spiro atoms. The SMILES string of the molecule is CC(C)c1ccc(C(=O)NC(c2ccccc2)c2ccccn2)cc1. The average Bonchev–Trinajstić information content (AvgIpc) is 2.67. The molecule has 1 heterocycles. The summed E-state index contributed by atoms with van der Waals surface area (Å²) in [6.45, 7) is 4.28. The fourth-order valence-electron chi connectivity index (χ4n) is 2.75. The minimum atomic E-state index is -0.278. The van der Waals surface area contributed by atoms with Gasteiger partial charge in [-0.2, -0.15) is 0 Å². The lowest BCUT2D eigenvalue weighted by Gasteiger charge is -2.19. The fourth-order valence-corrected chi connectivity index (χ4v) is 2.75. The third-order valence-electron chi connectivity index (χ3n) is 4.23. The van der Waals surface area contributed by atoms with Crippen molar-refractivity contribution < 1.29 is 4.79 Å². The van der Waals surface area contributed by atoms with E-state index in [0.29, 0.717) is 11.5 Å². The van der Waals surface area contributed by atoms with Crippen LogP contribution in [0.2, 0.25) is 0 Å². The van der Waals surface area contributed by atoms with Gasteiger partial charge in [-0.25, -0.2) is 0 Å². The number of hydrogen-bond acceptors (Lipinski definition) is 2. The molecule has 0 fully saturated rings. The lowest BCUT2D eigenvalue weighted by atomic mass is 10.0. The molecule has 0 radical (unpaired) electrons. The van der Waals surface area contributed by atoms with Crippen LogP contribution < -0.4 is 5.32 Å². The summed E-state index contributed by atoms with van der Waals surface area (Å²) in [7, 11) is 0. The van der Waals surface area contributed by atoms with Crippen molar-refractivity contribution in [2.75, 3.05) is 0 Å². The van der Waals surface area contributed by atoms with Crippen molar-refractivity contribution in [3.05, 3.63) is 101 Å². The molecule has 1 amide bonds. The van der Waals surface area contributed by atoms with Gasteiger partial charge in [-0.1, -0.05) is 62.4 Å². The molecule has 3 rings (SSSR count). The van der Waals surface area contributed by atoms with Gasteiger partial charge in [0.1, 0.15) is 0 Å². The first-order valence-electron chi connectivity index (χ1n) is 8.52. The Morgan fingerprint density at radius 1 is 0.840 bits per heavy atom. The van der Waals surface area contributed by atoms with Gasteiger partial charge in [-0.15, -0.1) is 0 Å². The second-order valence-electron chi connectivity index (χ2n) is 6.35. The first-order chi connectivity index (χ1) is 12.1. The molecular formula is C22H22N2O. The van der Waals surface area contributed by atoms with Crippen LogP contribution >= 0.6 is 0 Å². The maximum atomic E-state index is 12.7. The Morgan fingerprint density at radius 3 is 2.12 bits per heavy atom. The molecule has 25 heavy (non-hydrogen) atoms. The van der Waals surface area contributed by atoms with Crippen molar-refractivity contribution >= 4 is 5.91 Å². The second kappa shape index (κ2) is 7.75. The number of nitrogens with one attached hydrogen (secondary N) is 1. The second-order valence-corrected chi connectivity index (χ2v) is 6.35. The summed E-state index contributed by atoms with van der Waals surface area (Å²) in [6, 6.07) is 23.1. The zero-order chi connectivity index (χ0) is 17.6. The largest absolute Gasteiger partial charge is 0.340 e. The number of carbonyl (C=O) groups is 1. The molecule has 0 aliphatic heterocycles. The van der Waals surface area contributed by atoms with E-state index >= 15 is 0 Å². The highest BCUT2D eigenvalue weighted by atomic mass is 16.1. The molecule has 3 nitrogen and oxygen atoms in total. The summed E-state index contributed by atoms with van der Waals surface area (Å²) in [5.41, 5.74) is 3.70. The predicted molar refractivity (Wildman–Crippen MR) is 101 cm³/mol. The highest BCUT2D eigenvalue weighted by molar-refractivity contribution is 5.94. The van der Waals surface area contributed by atoms with Crippen LogP contribution in [0.25, 0.3) is 0 Å². The van der Waals surface area contributed by atoms with E-state index in [9.17, 15) is 4.79 Å². The number of carbonyl (C=O) groups excluding carboxylic acids is 1. The minimum absolute atomic E-state index is 0.102. The molecule has 1 unspecified atom stereocenters. The number of amides is 1. The van der Waals surface area contributed by atoms with E-state index in [1.165, 1.54) is 5.56 Å². The summed E-state index contributed by atoms with van der Waals surface area (Å²) < 4.78 is 0. The molecule has 3 aromatic rings. The van der Waals surface area contributed by atoms with Crippen LogP contribution in [0.5, 0.6) is 0 Å². The lowest BCUT2D eigenvalue weighted by molar-refractivity contribution is 0.0942. The Morgan fingerprint density at radius 2 is 1.52 bits per heavy atom. The standard InChI is InChI=1S/C22H22N2O/c1-16(2)17-11-13-19(14-12-17)22(25)24-21(18-8-4-3-5-9-18)20-10-6-7-15-23-20/h3-16,21H,1-2H3,(H,24,25). The van der Waals surface area contributed by atoms with Crippen LogP contribution in [0.1, 0.15) is 53.0 Å². The Kier molecular flexibility index (Phi) is 5.24. The maximum absolute atomic E-state index is 12.7. The van der Waals surface area contributed by atoms with E-state index in [1.54, 1.807) is 6.20 Å². The molecule has 2 aromatic carbocycles. The third-order valence-corrected chi connectivity index (χ3v) is 4.23. The van der Waals surface area contributed by atoms with E-state index < -0.39 is 0 Å². The van der Waals surface area contributed by atoms with Gasteiger partial charge in [0.15, 0.2) is 0 Å². The van der Waals surface area contributed by atoms with Crippen molar-refractivity contribution in [3.8, 4) is 0 Å². The summed E-state index contributed by atoms with van der Waals surface area (Å²) >= 11 is 0. The van der Waals surface area contributed by atoms with Gasteiger partial charge in [-0.05, 0) is 41.3 Å². The number of hydrogen-bond donors (Lipinski definition) is 1. The molecule has 126 valence electrons. The summed E-state index contributed by atoms with van der Waals surface area (Å²) in [4.78, 5) is 17.2. The van der Waals surface area contributed by atoms with E-state index in [-0.39, 0.29) is 11.9 Å². The highest BCUT2D eigenvalue weighted by Crippen LogP contribution is 2.21. The predicted octanol–water partition coefficient (Wildman–Crippen LogP) is 4.72. The van der Waals surface area contributed by atoms with Gasteiger partial charge < -0.3 is 5.32 Å². The molecule has 0 saturated heterocycles. The van der Waals surface area contributed by atoms with Gasteiger partial charge in [0.2, 0.25) is 0 Å². The molecule has 1 N–H and O–H groups in total. The van der Waals surface area contributed by atoms with Crippen LogP contribution in [-0.2, 0) is 0 Å². The number of pyridine rings is 1. The summed E-state index contributed by atoms with van der Waals surface area (Å²) in [5.74, 6) is 0.345. The van der Waals surface area contributed by atoms with E-state index in [2.05, 4.69) is 24.1 Å². The first kappa shape index (κ1) is 16.9. The Labute approximate surface area is 148 Å². The van der Waals surface area contributed by atoms with Crippen LogP contribution in [0, 0.1) is 0 Å². The maximum Gasteiger partial charge on any atom is 0.252 e. The number of nitrogens with zero attached hydrogens (tertiary/aromatic N) is 1. The monoisotopic (exact) mass is 330 g/mol. The summed E-state index contributed by atoms with van der Waals surface area (Å²) in [6.07, 6.45) is 1.74. The third kappa shape index (κ3) is 4.13. The van der Waals surface area contributed by atoms with Crippen molar-refractivity contribution in [2.45, 2.75) is 25.8 Å². The number of benzene rings is 2. The fraction of sp³-hybridized carbons (Fsp3) is 0.182. The van der Waals surface area contributed by atoms with Crippen LogP contribution in [0.4, 0.5) is 0 Å². The van der Waals surface area contributed by atoms with Crippen molar-refractivity contribution in [2.24, 2.45) is 0 Å². The van der Waals surface area contributed by atoms with Crippen LogP contribution in [0.15, 0.2) is 79.0 Å². The molecule has 0 aliphatic carbocycles. The zero-order valence-corrected chi connectivity index (χ0v) is 14.5. The van der Waals surface area contributed by atoms with Crippen molar-refractivity contribution in [1.82, 2.24) is 10.3 Å². The molecule has 1 atom stereocenters. The highest BCUT2D eigenvalue weighted by Gasteiger charge is 2.18. The average molecular weight is 330 g/mol. The van der Waals surface area contributed by atoms with E-state index in [4.69, 9.17) is 0 Å². The molecule has 3 heteroatoms. The van der Waals surface area contributed by atoms with Crippen molar-refractivity contribution in [3.63, 3.8) is 0 Å². The number of aromatic nitrogens is 1. The van der Waals surface area contributed by atoms with Crippen molar-refractivity contribution in [1.29, 1.82) is 0 Å². The van der Waals surface area contributed by atoms with E-state index in [0.717, 1.165) is 11.3 Å². The Bertz CT molecular complexity index is 772. The van der Waals surface area contributed by atoms with Crippen LogP contribution in [0.3, 0.4) is 0 Å². The Balaban J connectivity index is 1.86. The van der Waals surface area contributed by atoms with Gasteiger partial charge in [0, 0.05) is 11.8 Å². The molecule has 0 saturated carbocycles. The molecule has 0 bridgehead atoms. The van der Waals surface area contributed by atoms with E-state index in [1.807, 2.05) is 72.8 Å². The Hall–Kier alpha value is -2.94. The van der Waals surface area contributed by atoms with Gasteiger partial charge >= 0.3 is 0 Å². The smallest absolute Gasteiger partial charge is 0.252 e. The molecule has 1 aromatic heterocycles. The topological polar surface area (TPSA) is 42.0 Å². The normalized spacial score (nSPS) is 12.0. The molecule has 0 aliphatic rings. The van der Waals surface area contributed by atoms with Crippen LogP contribution in [-0.4, -0.2) is 10.9 Å². The molecular weight excluding hydrogens is 308 g/mol. The zero-order valence-electron chi connectivity index (χ0n) is 14.5. The van der Waals surface area contributed by atoms with Gasteiger partial charge in [-0.3, -0.25) is 9.78 Å². The number of rotatable bonds is 5. The van der Waals surface area contributed by atoms with Gasteiger partial charge in [0.25, 0.3) is 5.91 Å².